The Balaban J connectivity index is 2.55. The molecule has 1 rings (SSSR count). The molecule has 0 aromatic heterocycles. The minimum Gasteiger partial charge on any atom is -0.344 e. The van der Waals surface area contributed by atoms with Gasteiger partial charge in [-0.1, -0.05) is 12.1 Å². The number of carbonyl (C=O) groups is 2. The summed E-state index contributed by atoms with van der Waals surface area (Å²) in [4.78, 5) is 25.2. The second-order valence-corrected chi connectivity index (χ2v) is 4.63. The fourth-order valence-electron chi connectivity index (χ4n) is 1.72. The number of rotatable bonds is 5. The number of carbonyl (C=O) groups excluding carboxylic acids is 2. The Kier molecular flexibility index (Phi) is 5.73. The maximum Gasteiger partial charge on any atom is 0.244 e. The lowest BCUT2D eigenvalue weighted by Crippen LogP contribution is -2.45. The van der Waals surface area contributed by atoms with Crippen LogP contribution in [0.4, 0.5) is 0 Å². The van der Waals surface area contributed by atoms with Crippen molar-refractivity contribution in [1.82, 2.24) is 10.2 Å². The van der Waals surface area contributed by atoms with Gasteiger partial charge in [0.2, 0.25) is 11.8 Å². The number of amides is 2. The Hall–Kier alpha value is -2.35. The lowest BCUT2D eigenvalue weighted by atomic mass is 10.1. The quantitative estimate of drug-likeness (QED) is 0.872. The molecule has 0 radical (unpaired) electrons. The first-order valence-corrected chi connectivity index (χ1v) is 6.51. The molecule has 1 N–H and O–H groups in total. The van der Waals surface area contributed by atoms with Gasteiger partial charge < -0.3 is 10.2 Å². The summed E-state index contributed by atoms with van der Waals surface area (Å²) in [5, 5.41) is 11.4. The minimum absolute atomic E-state index is 0.110. The minimum atomic E-state index is -0.536. The van der Waals surface area contributed by atoms with Gasteiger partial charge in [0.05, 0.1) is 18.1 Å². The Morgan fingerprint density at radius 3 is 2.45 bits per heavy atom. The van der Waals surface area contributed by atoms with Crippen LogP contribution < -0.4 is 5.32 Å². The predicted molar refractivity (Wildman–Crippen MR) is 75.8 cm³/mol. The van der Waals surface area contributed by atoms with Crippen molar-refractivity contribution in [3.8, 4) is 6.07 Å². The smallest absolute Gasteiger partial charge is 0.244 e. The summed E-state index contributed by atoms with van der Waals surface area (Å²) in [7, 11) is 1.70. The second kappa shape index (κ2) is 7.29. The van der Waals surface area contributed by atoms with Crippen molar-refractivity contribution in [3.63, 3.8) is 0 Å². The molecule has 106 valence electrons. The average molecular weight is 273 g/mol. The standard InChI is InChI=1S/C15H19N3O2/c1-4-18(3)15(20)11(2)17-14(19)9-12-5-7-13(10-16)8-6-12/h5-8,11H,4,9H2,1-3H3,(H,17,19). The Labute approximate surface area is 119 Å². The molecule has 0 saturated carbocycles. The van der Waals surface area contributed by atoms with E-state index in [9.17, 15) is 9.59 Å². The summed E-state index contributed by atoms with van der Waals surface area (Å²) in [5.74, 6) is -0.319. The van der Waals surface area contributed by atoms with Gasteiger partial charge in [-0.25, -0.2) is 0 Å². The van der Waals surface area contributed by atoms with Gasteiger partial charge in [0.1, 0.15) is 6.04 Å². The van der Waals surface area contributed by atoms with E-state index in [0.29, 0.717) is 12.1 Å². The largest absolute Gasteiger partial charge is 0.344 e. The summed E-state index contributed by atoms with van der Waals surface area (Å²) >= 11 is 0. The maximum absolute atomic E-state index is 11.8. The summed E-state index contributed by atoms with van der Waals surface area (Å²) in [6, 6.07) is 8.30. The molecule has 0 bridgehead atoms. The SMILES string of the molecule is CCN(C)C(=O)C(C)NC(=O)Cc1ccc(C#N)cc1. The highest BCUT2D eigenvalue weighted by atomic mass is 16.2. The highest BCUT2D eigenvalue weighted by Crippen LogP contribution is 2.04. The van der Waals surface area contributed by atoms with Crippen molar-refractivity contribution >= 4 is 11.8 Å². The molecular formula is C15H19N3O2. The fourth-order valence-corrected chi connectivity index (χ4v) is 1.72. The molecule has 1 unspecified atom stereocenters. The molecule has 1 aromatic rings. The Morgan fingerprint density at radius 1 is 1.35 bits per heavy atom. The van der Waals surface area contributed by atoms with E-state index in [1.807, 2.05) is 13.0 Å². The number of nitrogens with one attached hydrogen (secondary N) is 1. The van der Waals surface area contributed by atoms with Crippen molar-refractivity contribution < 1.29 is 9.59 Å². The van der Waals surface area contributed by atoms with E-state index in [1.54, 1.807) is 43.1 Å². The van der Waals surface area contributed by atoms with Crippen molar-refractivity contribution in [2.24, 2.45) is 0 Å². The molecule has 0 aliphatic rings. The first kappa shape index (κ1) is 15.7. The van der Waals surface area contributed by atoms with E-state index >= 15 is 0 Å². The zero-order valence-corrected chi connectivity index (χ0v) is 12.0. The van der Waals surface area contributed by atoms with Gasteiger partial charge in [0, 0.05) is 13.6 Å². The van der Waals surface area contributed by atoms with Crippen LogP contribution in [0.5, 0.6) is 0 Å². The first-order chi connectivity index (χ1) is 9.47. The molecule has 0 saturated heterocycles. The van der Waals surface area contributed by atoms with Crippen LogP contribution in [-0.2, 0) is 16.0 Å². The van der Waals surface area contributed by atoms with Gasteiger partial charge >= 0.3 is 0 Å². The molecule has 1 aromatic carbocycles. The normalized spacial score (nSPS) is 11.3. The van der Waals surface area contributed by atoms with Gasteiger partial charge in [0.25, 0.3) is 0 Å². The summed E-state index contributed by atoms with van der Waals surface area (Å²) in [6.45, 7) is 4.16. The zero-order valence-electron chi connectivity index (χ0n) is 12.0. The van der Waals surface area contributed by atoms with Crippen LogP contribution in [0.25, 0.3) is 0 Å². The molecule has 0 aliphatic carbocycles. The van der Waals surface area contributed by atoms with Crippen molar-refractivity contribution in [1.29, 1.82) is 5.26 Å². The molecule has 2 amide bonds. The van der Waals surface area contributed by atoms with Crippen molar-refractivity contribution in [2.75, 3.05) is 13.6 Å². The van der Waals surface area contributed by atoms with E-state index in [4.69, 9.17) is 5.26 Å². The molecular weight excluding hydrogens is 254 g/mol. The highest BCUT2D eigenvalue weighted by molar-refractivity contribution is 5.87. The van der Waals surface area contributed by atoms with E-state index in [0.717, 1.165) is 5.56 Å². The molecule has 20 heavy (non-hydrogen) atoms. The van der Waals surface area contributed by atoms with Gasteiger partial charge in [-0.15, -0.1) is 0 Å². The van der Waals surface area contributed by atoms with Gasteiger partial charge in [-0.05, 0) is 31.5 Å². The third kappa shape index (κ3) is 4.39. The number of nitriles is 1. The van der Waals surface area contributed by atoms with Gasteiger partial charge in [-0.3, -0.25) is 9.59 Å². The van der Waals surface area contributed by atoms with Crippen LogP contribution >= 0.6 is 0 Å². The predicted octanol–water partition coefficient (Wildman–Crippen LogP) is 1.08. The lowest BCUT2D eigenvalue weighted by Gasteiger charge is -2.20. The summed E-state index contributed by atoms with van der Waals surface area (Å²) in [6.07, 6.45) is 0.194. The Morgan fingerprint density at radius 2 is 1.95 bits per heavy atom. The number of benzene rings is 1. The molecule has 1 atom stereocenters. The number of hydrogen-bond donors (Lipinski definition) is 1. The van der Waals surface area contributed by atoms with Gasteiger partial charge in [-0.2, -0.15) is 5.26 Å². The van der Waals surface area contributed by atoms with Crippen LogP contribution in [0.1, 0.15) is 25.0 Å². The van der Waals surface area contributed by atoms with Crippen LogP contribution in [0.2, 0.25) is 0 Å². The van der Waals surface area contributed by atoms with E-state index in [-0.39, 0.29) is 18.2 Å². The summed E-state index contributed by atoms with van der Waals surface area (Å²) in [5.41, 5.74) is 1.37. The molecule has 0 spiro atoms. The molecule has 0 fully saturated rings. The third-order valence-corrected chi connectivity index (χ3v) is 3.05. The number of likely N-dealkylation sites (N-methyl/N-ethyl adjacent to an activating group) is 1. The average Bonchev–Trinajstić information content (AvgIpc) is 2.46. The molecule has 0 aliphatic heterocycles. The van der Waals surface area contributed by atoms with Crippen LogP contribution in [-0.4, -0.2) is 36.3 Å². The number of nitrogens with zero attached hydrogens (tertiary/aromatic N) is 2. The lowest BCUT2D eigenvalue weighted by molar-refractivity contribution is -0.134. The topological polar surface area (TPSA) is 73.2 Å². The van der Waals surface area contributed by atoms with E-state index in [1.165, 1.54) is 0 Å². The van der Waals surface area contributed by atoms with Crippen molar-refractivity contribution in [3.05, 3.63) is 35.4 Å². The van der Waals surface area contributed by atoms with Gasteiger partial charge in [0.15, 0.2) is 0 Å². The van der Waals surface area contributed by atoms with Crippen LogP contribution in [0, 0.1) is 11.3 Å². The zero-order chi connectivity index (χ0) is 15.1. The first-order valence-electron chi connectivity index (χ1n) is 6.51. The molecule has 0 heterocycles. The molecule has 5 heteroatoms. The second-order valence-electron chi connectivity index (χ2n) is 4.63. The molecule has 5 nitrogen and oxygen atoms in total. The third-order valence-electron chi connectivity index (χ3n) is 3.05. The monoisotopic (exact) mass is 273 g/mol. The van der Waals surface area contributed by atoms with Crippen molar-refractivity contribution in [2.45, 2.75) is 26.3 Å². The maximum atomic E-state index is 11.8. The summed E-state index contributed by atoms with van der Waals surface area (Å²) < 4.78 is 0. The van der Waals surface area contributed by atoms with Crippen LogP contribution in [0.3, 0.4) is 0 Å². The number of hydrogen-bond acceptors (Lipinski definition) is 3. The van der Waals surface area contributed by atoms with E-state index in [2.05, 4.69) is 5.32 Å². The highest BCUT2D eigenvalue weighted by Gasteiger charge is 2.18. The van der Waals surface area contributed by atoms with E-state index < -0.39 is 6.04 Å². The Bertz CT molecular complexity index is 517. The van der Waals surface area contributed by atoms with Crippen LogP contribution in [0.15, 0.2) is 24.3 Å². The fraction of sp³-hybridized carbons (Fsp3) is 0.400.